The number of para-hydroxylation sites is 1. The molecule has 0 aliphatic heterocycles. The number of Topliss-reactive ketones (excluding diaryl/α,β-unsaturated/α-hetero) is 1. The molecule has 0 radical (unpaired) electrons. The molecule has 0 bridgehead atoms. The van der Waals surface area contributed by atoms with E-state index >= 15 is 0 Å². The van der Waals surface area contributed by atoms with E-state index in [-0.39, 0.29) is 12.2 Å². The number of benzene rings is 1. The van der Waals surface area contributed by atoms with Crippen LogP contribution in [0.3, 0.4) is 0 Å². The minimum atomic E-state index is -0.903. The van der Waals surface area contributed by atoms with Crippen molar-refractivity contribution in [1.82, 2.24) is 0 Å². The van der Waals surface area contributed by atoms with Crippen LogP contribution < -0.4 is 4.74 Å². The smallest absolute Gasteiger partial charge is 0.173 e. The van der Waals surface area contributed by atoms with E-state index in [0.717, 1.165) is 0 Å². The summed E-state index contributed by atoms with van der Waals surface area (Å²) in [7, 11) is 1.53. The zero-order chi connectivity index (χ0) is 15.9. The van der Waals surface area contributed by atoms with Gasteiger partial charge in [0.05, 0.1) is 24.1 Å². The van der Waals surface area contributed by atoms with E-state index in [4.69, 9.17) is 4.74 Å². The van der Waals surface area contributed by atoms with Crippen molar-refractivity contribution in [3.05, 3.63) is 52.2 Å². The van der Waals surface area contributed by atoms with Crippen LogP contribution in [0.15, 0.2) is 41.8 Å². The topological polar surface area (TPSA) is 73.9 Å². The Kier molecular flexibility index (Phi) is 5.30. The molecular formula is C17H14N2O2S. The lowest BCUT2D eigenvalue weighted by atomic mass is 9.83. The van der Waals surface area contributed by atoms with Gasteiger partial charge >= 0.3 is 0 Å². The second-order valence-corrected chi connectivity index (χ2v) is 5.64. The molecule has 0 saturated carbocycles. The van der Waals surface area contributed by atoms with Crippen molar-refractivity contribution < 1.29 is 9.53 Å². The maximum atomic E-state index is 12.4. The molecule has 1 aromatic heterocycles. The maximum Gasteiger partial charge on any atom is 0.173 e. The van der Waals surface area contributed by atoms with Crippen LogP contribution in [0.25, 0.3) is 0 Å². The fourth-order valence-electron chi connectivity index (χ4n) is 2.33. The highest BCUT2D eigenvalue weighted by Gasteiger charge is 2.28. The van der Waals surface area contributed by atoms with Gasteiger partial charge in [-0.05, 0) is 17.5 Å². The Labute approximate surface area is 133 Å². The second-order valence-electron chi connectivity index (χ2n) is 4.69. The van der Waals surface area contributed by atoms with Crippen LogP contribution in [0.2, 0.25) is 0 Å². The first-order chi connectivity index (χ1) is 10.7. The molecule has 22 heavy (non-hydrogen) atoms. The van der Waals surface area contributed by atoms with E-state index in [1.807, 2.05) is 35.7 Å². The first-order valence-electron chi connectivity index (χ1n) is 6.70. The van der Waals surface area contributed by atoms with Crippen molar-refractivity contribution >= 4 is 17.1 Å². The Balaban J connectivity index is 2.38. The molecule has 0 spiro atoms. The number of carbonyl (C=O) groups is 1. The van der Waals surface area contributed by atoms with Crippen LogP contribution in [-0.4, -0.2) is 12.9 Å². The Hall–Kier alpha value is -2.63. The Bertz CT molecular complexity index is 712. The van der Waals surface area contributed by atoms with Crippen LogP contribution in [0.5, 0.6) is 5.75 Å². The Morgan fingerprint density at radius 2 is 1.95 bits per heavy atom. The number of thiophene rings is 1. The zero-order valence-corrected chi connectivity index (χ0v) is 12.8. The quantitative estimate of drug-likeness (QED) is 0.761. The number of ether oxygens (including phenoxy) is 1. The molecule has 1 heterocycles. The highest BCUT2D eigenvalue weighted by Crippen LogP contribution is 2.35. The fraction of sp³-hybridized carbons (Fsp3) is 0.235. The summed E-state index contributed by atoms with van der Waals surface area (Å²) in [5.74, 6) is -0.899. The van der Waals surface area contributed by atoms with Gasteiger partial charge in [0, 0.05) is 17.9 Å². The van der Waals surface area contributed by atoms with Crippen LogP contribution in [0.4, 0.5) is 0 Å². The van der Waals surface area contributed by atoms with E-state index in [9.17, 15) is 15.3 Å². The van der Waals surface area contributed by atoms with Gasteiger partial charge in [-0.1, -0.05) is 24.3 Å². The average Bonchev–Trinajstić information content (AvgIpc) is 3.09. The molecular weight excluding hydrogens is 296 g/mol. The first-order valence-corrected chi connectivity index (χ1v) is 7.58. The predicted molar refractivity (Wildman–Crippen MR) is 83.7 cm³/mol. The second kappa shape index (κ2) is 7.40. The largest absolute Gasteiger partial charge is 0.496 e. The molecule has 0 fully saturated rings. The number of rotatable bonds is 6. The molecule has 0 aliphatic rings. The first kappa shape index (κ1) is 15.8. The summed E-state index contributed by atoms with van der Waals surface area (Å²) in [6.07, 6.45) is 0.104. The van der Waals surface area contributed by atoms with Crippen molar-refractivity contribution in [1.29, 1.82) is 10.5 Å². The molecule has 5 heteroatoms. The Morgan fingerprint density at radius 3 is 2.55 bits per heavy atom. The summed E-state index contributed by atoms with van der Waals surface area (Å²) in [6.45, 7) is 0. The molecule has 110 valence electrons. The Morgan fingerprint density at radius 1 is 1.23 bits per heavy atom. The maximum absolute atomic E-state index is 12.4. The van der Waals surface area contributed by atoms with E-state index in [2.05, 4.69) is 0 Å². The fourth-order valence-corrected chi connectivity index (χ4v) is 3.00. The molecule has 2 aromatic rings. The minimum Gasteiger partial charge on any atom is -0.496 e. The monoisotopic (exact) mass is 310 g/mol. The normalized spacial score (nSPS) is 11.5. The lowest BCUT2D eigenvalue weighted by Crippen LogP contribution is -2.15. The van der Waals surface area contributed by atoms with Gasteiger partial charge in [-0.25, -0.2) is 0 Å². The molecule has 0 aliphatic carbocycles. The number of carbonyl (C=O) groups excluding carboxylic acids is 1. The van der Waals surface area contributed by atoms with E-state index in [1.165, 1.54) is 18.4 Å². The molecule has 0 saturated heterocycles. The average molecular weight is 310 g/mol. The van der Waals surface area contributed by atoms with Crippen molar-refractivity contribution in [3.63, 3.8) is 0 Å². The van der Waals surface area contributed by atoms with Gasteiger partial charge < -0.3 is 4.74 Å². The summed E-state index contributed by atoms with van der Waals surface area (Å²) >= 11 is 1.36. The third kappa shape index (κ3) is 3.33. The summed E-state index contributed by atoms with van der Waals surface area (Å²) in [4.78, 5) is 13.0. The van der Waals surface area contributed by atoms with Gasteiger partial charge in [0.15, 0.2) is 5.78 Å². The summed E-state index contributed by atoms with van der Waals surface area (Å²) in [5, 5.41) is 20.3. The number of methoxy groups -OCH3 is 1. The van der Waals surface area contributed by atoms with Crippen LogP contribution in [0.1, 0.15) is 27.6 Å². The molecule has 4 nitrogen and oxygen atoms in total. The third-order valence-electron chi connectivity index (χ3n) is 3.42. The van der Waals surface area contributed by atoms with Crippen LogP contribution in [-0.2, 0) is 0 Å². The van der Waals surface area contributed by atoms with Crippen molar-refractivity contribution in [2.24, 2.45) is 5.92 Å². The van der Waals surface area contributed by atoms with Crippen molar-refractivity contribution in [3.8, 4) is 17.9 Å². The highest BCUT2D eigenvalue weighted by molar-refractivity contribution is 7.12. The van der Waals surface area contributed by atoms with E-state index in [0.29, 0.717) is 16.2 Å². The third-order valence-corrected chi connectivity index (χ3v) is 4.33. The number of ketones is 1. The molecule has 2 rings (SSSR count). The summed E-state index contributed by atoms with van der Waals surface area (Å²) < 4.78 is 5.31. The van der Waals surface area contributed by atoms with Gasteiger partial charge in [-0.15, -0.1) is 11.3 Å². The van der Waals surface area contributed by atoms with Gasteiger partial charge in [0.25, 0.3) is 0 Å². The molecule has 0 N–H and O–H groups in total. The lowest BCUT2D eigenvalue weighted by Gasteiger charge is -2.19. The SMILES string of the molecule is COc1ccccc1[C@@H](CC(=O)c1cccs1)C(C#N)C#N. The van der Waals surface area contributed by atoms with E-state index in [1.54, 1.807) is 18.2 Å². The summed E-state index contributed by atoms with van der Waals surface area (Å²) in [6, 6.07) is 14.7. The van der Waals surface area contributed by atoms with Crippen LogP contribution in [0, 0.1) is 28.6 Å². The number of nitriles is 2. The molecule has 0 amide bonds. The highest BCUT2D eigenvalue weighted by atomic mass is 32.1. The zero-order valence-electron chi connectivity index (χ0n) is 12.0. The number of hydrogen-bond donors (Lipinski definition) is 0. The van der Waals surface area contributed by atoms with Gasteiger partial charge in [0.1, 0.15) is 11.7 Å². The van der Waals surface area contributed by atoms with E-state index < -0.39 is 11.8 Å². The standard InChI is InChI=1S/C17H14N2O2S/c1-21-16-6-3-2-5-13(16)14(12(10-18)11-19)9-15(20)17-7-4-8-22-17/h2-8,12,14H,9H2,1H3/t14-/m0/s1. The van der Waals surface area contributed by atoms with Gasteiger partial charge in [-0.2, -0.15) is 10.5 Å². The number of nitrogens with zero attached hydrogens (tertiary/aromatic N) is 2. The van der Waals surface area contributed by atoms with Crippen molar-refractivity contribution in [2.75, 3.05) is 7.11 Å². The molecule has 0 unspecified atom stereocenters. The lowest BCUT2D eigenvalue weighted by molar-refractivity contribution is 0.0974. The van der Waals surface area contributed by atoms with Crippen molar-refractivity contribution in [2.45, 2.75) is 12.3 Å². The molecule has 1 atom stereocenters. The molecule has 1 aromatic carbocycles. The van der Waals surface area contributed by atoms with Gasteiger partial charge in [0.2, 0.25) is 0 Å². The minimum absolute atomic E-state index is 0.0681. The number of hydrogen-bond acceptors (Lipinski definition) is 5. The summed E-state index contributed by atoms with van der Waals surface area (Å²) in [5.41, 5.74) is 0.711. The van der Waals surface area contributed by atoms with Gasteiger partial charge in [-0.3, -0.25) is 4.79 Å². The van der Waals surface area contributed by atoms with Crippen LogP contribution >= 0.6 is 11.3 Å². The predicted octanol–water partition coefficient (Wildman–Crippen LogP) is 3.78.